The average Bonchev–Trinajstić information content (AvgIpc) is 4.29. The van der Waals surface area contributed by atoms with Crippen LogP contribution >= 0.6 is 0 Å². The van der Waals surface area contributed by atoms with Crippen LogP contribution in [-0.2, 0) is 115 Å². The largest absolute Gasteiger partial charge is 0.497 e. The molecule has 2 fully saturated rings. The lowest BCUT2D eigenvalue weighted by Gasteiger charge is -2.39. The number of hydrogen-bond acceptors (Lipinski definition) is 11. The Labute approximate surface area is 455 Å². The monoisotopic (exact) mass is 1090 g/mol. The summed E-state index contributed by atoms with van der Waals surface area (Å²) in [6, 6.07) is 9.99. The van der Waals surface area contributed by atoms with Gasteiger partial charge < -0.3 is 19.3 Å². The summed E-state index contributed by atoms with van der Waals surface area (Å²) in [4.78, 5) is 31.8. The third-order valence-electron chi connectivity index (χ3n) is 16.5. The van der Waals surface area contributed by atoms with Crippen molar-refractivity contribution in [3.63, 3.8) is 0 Å². The maximum absolute atomic E-state index is 15.4. The second-order valence-corrected chi connectivity index (χ2v) is 25.6. The van der Waals surface area contributed by atoms with Crippen molar-refractivity contribution in [3.8, 4) is 11.5 Å². The van der Waals surface area contributed by atoms with Gasteiger partial charge in [0.2, 0.25) is 26.1 Å². The molecule has 0 saturated carbocycles. The van der Waals surface area contributed by atoms with Gasteiger partial charge in [0.15, 0.2) is 0 Å². The Bertz CT molecular complexity index is 3210. The Balaban J connectivity index is 0.000000182. The van der Waals surface area contributed by atoms with Gasteiger partial charge in [0, 0.05) is 51.2 Å². The first-order valence-corrected chi connectivity index (χ1v) is 30.7. The fraction of sp³-hybridized carbons (Fsp3) is 0.544. The number of ether oxygens (including phenoxy) is 2. The summed E-state index contributed by atoms with van der Waals surface area (Å²) in [5, 5.41) is 15.0. The van der Waals surface area contributed by atoms with Gasteiger partial charge in [-0.15, -0.1) is 4.36 Å². The molecule has 4 atom stereocenters. The van der Waals surface area contributed by atoms with E-state index in [1.165, 1.54) is 44.5 Å². The quantitative estimate of drug-likeness (QED) is 0.117. The van der Waals surface area contributed by atoms with Crippen molar-refractivity contribution >= 4 is 43.4 Å². The molecule has 0 bridgehead atoms. The molecule has 0 spiro atoms. The van der Waals surface area contributed by atoms with Crippen molar-refractivity contribution in [1.82, 2.24) is 34.1 Å². The number of likely N-dealkylation sites (tertiary alicyclic amines) is 2. The number of nitrogens with zero attached hydrogens (tertiary/aromatic N) is 10. The van der Waals surface area contributed by atoms with E-state index in [2.05, 4.69) is 48.3 Å². The van der Waals surface area contributed by atoms with Crippen molar-refractivity contribution in [2.75, 3.05) is 63.1 Å². The number of fused-ring (bicyclic) bond motifs is 4. The van der Waals surface area contributed by atoms with Crippen LogP contribution in [-0.4, -0.2) is 116 Å². The average molecular weight is 1090 g/mol. The molecule has 4 heterocycles. The van der Waals surface area contributed by atoms with E-state index in [0.717, 1.165) is 133 Å². The summed E-state index contributed by atoms with van der Waals surface area (Å²) in [5.74, 6) is 0.578. The third kappa shape index (κ3) is 12.0. The molecule has 3 N–H and O–H groups in total. The van der Waals surface area contributed by atoms with Crippen LogP contribution in [0.15, 0.2) is 63.8 Å². The number of rotatable bonds is 15. The fourth-order valence-corrected chi connectivity index (χ4v) is 16.5. The number of methoxy groups -OCH3 is 2. The minimum atomic E-state index is -3.49. The lowest BCUT2D eigenvalue weighted by molar-refractivity contribution is -0.119. The summed E-state index contributed by atoms with van der Waals surface area (Å²) < 4.78 is 59.0. The lowest BCUT2D eigenvalue weighted by atomic mass is 9.92. The van der Waals surface area contributed by atoms with Crippen LogP contribution in [0, 0.1) is 0 Å². The Morgan fingerprint density at radius 3 is 1.64 bits per heavy atom. The first-order valence-electron chi connectivity index (χ1n) is 27.7. The maximum Gasteiger partial charge on any atom is 0.260 e. The van der Waals surface area contributed by atoms with Crippen LogP contribution in [0.2, 0.25) is 0 Å². The second-order valence-electron chi connectivity index (χ2n) is 22.1. The van der Waals surface area contributed by atoms with Gasteiger partial charge in [-0.1, -0.05) is 12.1 Å². The van der Waals surface area contributed by atoms with E-state index in [9.17, 15) is 13.8 Å². The lowest BCUT2D eigenvalue weighted by Crippen LogP contribution is -2.54. The van der Waals surface area contributed by atoms with Gasteiger partial charge in [0.1, 0.15) is 11.5 Å². The van der Waals surface area contributed by atoms with E-state index < -0.39 is 26.1 Å². The van der Waals surface area contributed by atoms with Gasteiger partial charge in [0.25, 0.3) is 5.91 Å². The molecule has 2 aliphatic heterocycles. The van der Waals surface area contributed by atoms with Gasteiger partial charge in [0.05, 0.1) is 69.5 Å². The first-order chi connectivity index (χ1) is 37.1. The zero-order valence-electron chi connectivity index (χ0n) is 45.9. The minimum Gasteiger partial charge on any atom is -0.497 e. The summed E-state index contributed by atoms with van der Waals surface area (Å²) >= 11 is 0. The Morgan fingerprint density at radius 1 is 0.675 bits per heavy atom. The molecule has 2 amide bonds. The number of aromatic nitrogens is 4. The summed E-state index contributed by atoms with van der Waals surface area (Å²) in [6.07, 6.45) is 23.8. The molecule has 0 radical (unpaired) electrons. The molecule has 2 aromatic heterocycles. The van der Waals surface area contributed by atoms with Crippen molar-refractivity contribution in [3.05, 3.63) is 116 Å². The van der Waals surface area contributed by atoms with E-state index in [1.807, 2.05) is 43.8 Å². The molecular weight excluding hydrogens is 1010 g/mol. The molecule has 77 heavy (non-hydrogen) atoms. The third-order valence-corrected chi connectivity index (χ3v) is 20.1. The highest BCUT2D eigenvalue weighted by molar-refractivity contribution is 7.93. The van der Waals surface area contributed by atoms with Gasteiger partial charge in [-0.05, 0) is 198 Å². The van der Waals surface area contributed by atoms with Crippen LogP contribution in [0.1, 0.15) is 113 Å². The molecule has 3 aromatic carbocycles. The number of piperidine rings is 2. The molecule has 18 nitrogen and oxygen atoms in total. The number of benzene rings is 3. The smallest absolute Gasteiger partial charge is 0.260 e. The van der Waals surface area contributed by atoms with Gasteiger partial charge in [-0.2, -0.15) is 14.6 Å². The summed E-state index contributed by atoms with van der Waals surface area (Å²) in [5.41, 5.74) is 15.2. The molecule has 4 unspecified atom stereocenters. The van der Waals surface area contributed by atoms with E-state index in [4.69, 9.17) is 19.0 Å². The molecule has 414 valence electrons. The number of amides is 2. The Hall–Kier alpha value is -5.80. The highest BCUT2D eigenvalue weighted by Crippen LogP contribution is 2.38. The first kappa shape index (κ1) is 54.6. The van der Waals surface area contributed by atoms with E-state index >= 15 is 4.21 Å². The number of carbonyl (C=O) groups is 2. The fourth-order valence-electron chi connectivity index (χ4n) is 13.1. The molecule has 6 aliphatic rings. The SMILES string of the molecule is CN1CCCC(N(c2cnn(C)c2)S(N)(=O)=NC(=O)Cc2c3c(cc4c2CCC4)CCC3)C1.COc1ccc(CN=S(=O)(NC(=O)Cc2c3c(cc4c2CCC4)CCC3)N(c2cnn(C)c2)C2CCCN(C)C2)c(OC)c1. The molecular formula is C57H78N12O6S2. The van der Waals surface area contributed by atoms with Crippen molar-refractivity contribution in [1.29, 1.82) is 0 Å². The predicted octanol–water partition coefficient (Wildman–Crippen LogP) is 6.50. The number of aryl methyl sites for hydroxylation is 6. The molecule has 20 heteroatoms. The standard InChI is InChI=1S/C33H44N6O4S.C24H34N6O2S/c1-37-15-7-10-26(21-37)39(27-20-34-38(2)22-27)44(41,35-19-25-13-14-28(42-3)17-32(25)43-4)36-33(40)18-31-29-11-5-8-23(29)16-24-9-6-12-30(24)31;1-28-11-5-8-19(15-28)30(20-14-26-29(2)16-20)33(25,32)27-24(31)13-23-21-9-3-6-17(21)12-18-7-4-10-22(18)23/h13-14,16-17,20,22,26H,5-12,15,18-19,21H2,1-4H3,(H,35,36,40,41);12,14,16,19H,3-11,13,15H2,1-2H3,(H2,25,27,31,32). The number of carbonyl (C=O) groups excluding carboxylic acids is 2. The summed E-state index contributed by atoms with van der Waals surface area (Å²) in [7, 11) is 4.02. The Kier molecular flexibility index (Phi) is 16.5. The second kappa shape index (κ2) is 23.3. The zero-order chi connectivity index (χ0) is 54.0. The number of likely N-dealkylation sites (N-methyl/N-ethyl adjacent to an activating group) is 2. The van der Waals surface area contributed by atoms with Crippen LogP contribution in [0.5, 0.6) is 11.5 Å². The van der Waals surface area contributed by atoms with Gasteiger partial charge in [-0.25, -0.2) is 13.6 Å². The topological polar surface area (TPSA) is 198 Å². The Morgan fingerprint density at radius 2 is 1.17 bits per heavy atom. The normalized spacial score (nSPS) is 20.4. The number of hydrogen-bond donors (Lipinski definition) is 2. The molecule has 5 aromatic rings. The van der Waals surface area contributed by atoms with Crippen molar-refractivity contribution in [2.45, 2.75) is 134 Å². The van der Waals surface area contributed by atoms with Crippen LogP contribution in [0.3, 0.4) is 0 Å². The van der Waals surface area contributed by atoms with E-state index in [-0.39, 0.29) is 37.4 Å². The number of anilines is 2. The molecule has 2 saturated heterocycles. The van der Waals surface area contributed by atoms with Crippen molar-refractivity contribution < 1.29 is 27.5 Å². The van der Waals surface area contributed by atoms with Crippen LogP contribution in [0.25, 0.3) is 0 Å². The van der Waals surface area contributed by atoms with E-state index in [1.54, 1.807) is 52.5 Å². The molecule has 11 rings (SSSR count). The van der Waals surface area contributed by atoms with Gasteiger partial charge in [-0.3, -0.25) is 32.3 Å². The predicted molar refractivity (Wildman–Crippen MR) is 303 cm³/mol. The number of nitrogens with two attached hydrogens (primary N) is 1. The highest BCUT2D eigenvalue weighted by Gasteiger charge is 2.36. The van der Waals surface area contributed by atoms with Crippen LogP contribution in [0.4, 0.5) is 11.4 Å². The highest BCUT2D eigenvalue weighted by atomic mass is 32.2. The van der Waals surface area contributed by atoms with E-state index in [0.29, 0.717) is 36.0 Å². The zero-order valence-corrected chi connectivity index (χ0v) is 47.6. The van der Waals surface area contributed by atoms with Crippen molar-refractivity contribution in [2.24, 2.45) is 28.0 Å². The minimum absolute atomic E-state index is 0.0851. The summed E-state index contributed by atoms with van der Waals surface area (Å²) in [6.45, 7) is 3.45. The van der Waals surface area contributed by atoms with Crippen LogP contribution < -0.4 is 27.9 Å². The van der Waals surface area contributed by atoms with Gasteiger partial charge >= 0.3 is 0 Å². The number of nitrogens with one attached hydrogen (secondary N) is 1. The molecule has 4 aliphatic carbocycles. The maximum atomic E-state index is 15.4.